The summed E-state index contributed by atoms with van der Waals surface area (Å²) in [7, 11) is 0. The zero-order valence-electron chi connectivity index (χ0n) is 14.2. The zero-order valence-corrected chi connectivity index (χ0v) is 14.2. The molecule has 1 atom stereocenters. The fourth-order valence-corrected chi connectivity index (χ4v) is 3.94. The largest absolute Gasteiger partial charge is 0.350 e. The van der Waals surface area contributed by atoms with E-state index >= 15 is 0 Å². The van der Waals surface area contributed by atoms with Gasteiger partial charge in [0.25, 0.3) is 0 Å². The van der Waals surface area contributed by atoms with E-state index in [1.807, 2.05) is 27.8 Å². The first-order valence-electron chi connectivity index (χ1n) is 9.06. The van der Waals surface area contributed by atoms with Crippen LogP contribution < -0.4 is 5.32 Å². The van der Waals surface area contributed by atoms with Crippen molar-refractivity contribution in [3.63, 3.8) is 0 Å². The molecule has 1 aliphatic carbocycles. The Hall–Kier alpha value is -2.44. The van der Waals surface area contributed by atoms with Gasteiger partial charge in [-0.05, 0) is 25.3 Å². The highest BCUT2D eigenvalue weighted by Crippen LogP contribution is 2.28. The monoisotopic (exact) mass is 341 g/mol. The third-order valence-corrected chi connectivity index (χ3v) is 5.31. The van der Waals surface area contributed by atoms with Crippen LogP contribution in [0.25, 0.3) is 5.78 Å². The number of imidazole rings is 1. The molecule has 1 saturated carbocycles. The van der Waals surface area contributed by atoms with Gasteiger partial charge in [0.1, 0.15) is 0 Å². The highest BCUT2D eigenvalue weighted by molar-refractivity contribution is 5.84. The molecule has 2 aromatic heterocycles. The highest BCUT2D eigenvalue weighted by atomic mass is 16.2. The Balaban J connectivity index is 1.36. The molecule has 4 rings (SSSR count). The Kier molecular flexibility index (Phi) is 4.38. The summed E-state index contributed by atoms with van der Waals surface area (Å²) in [5, 5.41) is 2.98. The summed E-state index contributed by atoms with van der Waals surface area (Å²) in [5.74, 6) is 0.735. The van der Waals surface area contributed by atoms with Crippen molar-refractivity contribution in [3.8, 4) is 0 Å². The molecule has 2 aromatic rings. The summed E-state index contributed by atoms with van der Waals surface area (Å²) < 4.78 is 1.84. The average Bonchev–Trinajstić information content (AvgIpc) is 3.29. The number of hydrogen-bond donors (Lipinski definition) is 1. The van der Waals surface area contributed by atoms with Crippen molar-refractivity contribution < 1.29 is 9.59 Å². The molecule has 1 saturated heterocycles. The van der Waals surface area contributed by atoms with Crippen LogP contribution in [0.2, 0.25) is 0 Å². The summed E-state index contributed by atoms with van der Waals surface area (Å²) in [5.41, 5.74) is 0.784. The zero-order chi connectivity index (χ0) is 17.2. The van der Waals surface area contributed by atoms with Crippen LogP contribution in [0.5, 0.6) is 0 Å². The third-order valence-electron chi connectivity index (χ3n) is 5.31. The normalized spacial score (nSPS) is 21.8. The lowest BCUT2D eigenvalue weighted by molar-refractivity contribution is -0.140. The molecular formula is C18H23N5O2. The minimum atomic E-state index is -0.117. The molecule has 7 heteroatoms. The Morgan fingerprint density at radius 1 is 1.28 bits per heavy atom. The second kappa shape index (κ2) is 6.82. The SMILES string of the molecule is O=C(NCc1cn2cccnc2n1)[C@@H]1CCC(=O)N(C2CCCC2)C1. The van der Waals surface area contributed by atoms with E-state index in [9.17, 15) is 9.59 Å². The van der Waals surface area contributed by atoms with E-state index in [0.29, 0.717) is 37.8 Å². The standard InChI is InChI=1S/C18H23N5O2/c24-16-7-6-13(11-23(16)15-4-1-2-5-15)17(25)20-10-14-12-22-9-3-8-19-18(22)21-14/h3,8-9,12-13,15H,1-2,4-7,10-11H2,(H,20,25)/t13-/m1/s1. The minimum Gasteiger partial charge on any atom is -0.350 e. The number of nitrogens with zero attached hydrogens (tertiary/aromatic N) is 4. The molecule has 3 heterocycles. The molecule has 2 aliphatic rings. The van der Waals surface area contributed by atoms with Crippen LogP contribution in [-0.2, 0) is 16.1 Å². The van der Waals surface area contributed by atoms with Crippen LogP contribution in [0.3, 0.4) is 0 Å². The molecule has 0 radical (unpaired) electrons. The van der Waals surface area contributed by atoms with Crippen LogP contribution in [0.1, 0.15) is 44.2 Å². The van der Waals surface area contributed by atoms with Gasteiger partial charge in [-0.2, -0.15) is 0 Å². The van der Waals surface area contributed by atoms with Gasteiger partial charge in [0, 0.05) is 37.6 Å². The summed E-state index contributed by atoms with van der Waals surface area (Å²) >= 11 is 0. The first-order valence-corrected chi connectivity index (χ1v) is 9.06. The van der Waals surface area contributed by atoms with E-state index in [2.05, 4.69) is 15.3 Å². The highest BCUT2D eigenvalue weighted by Gasteiger charge is 2.35. The number of piperidine rings is 1. The molecule has 0 unspecified atom stereocenters. The van der Waals surface area contributed by atoms with Crippen molar-refractivity contribution in [2.75, 3.05) is 6.54 Å². The van der Waals surface area contributed by atoms with Gasteiger partial charge in [-0.25, -0.2) is 9.97 Å². The molecule has 1 aliphatic heterocycles. The number of rotatable bonds is 4. The lowest BCUT2D eigenvalue weighted by Gasteiger charge is -2.36. The van der Waals surface area contributed by atoms with Crippen molar-refractivity contribution in [1.29, 1.82) is 0 Å². The maximum atomic E-state index is 12.6. The van der Waals surface area contributed by atoms with E-state index < -0.39 is 0 Å². The molecule has 1 N–H and O–H groups in total. The van der Waals surface area contributed by atoms with Gasteiger partial charge < -0.3 is 10.2 Å². The van der Waals surface area contributed by atoms with E-state index in [4.69, 9.17) is 0 Å². The number of aromatic nitrogens is 3. The Bertz CT molecular complexity index is 748. The summed E-state index contributed by atoms with van der Waals surface area (Å²) in [6, 6.07) is 2.18. The summed E-state index contributed by atoms with van der Waals surface area (Å²) in [6.07, 6.45) is 11.1. The topological polar surface area (TPSA) is 79.6 Å². The molecule has 0 aromatic carbocycles. The molecule has 0 bridgehead atoms. The molecule has 2 amide bonds. The van der Waals surface area contributed by atoms with E-state index in [1.54, 1.807) is 6.20 Å². The Labute approximate surface area is 146 Å². The van der Waals surface area contributed by atoms with Crippen LogP contribution in [0.15, 0.2) is 24.7 Å². The summed E-state index contributed by atoms with van der Waals surface area (Å²) in [6.45, 7) is 0.943. The van der Waals surface area contributed by atoms with Gasteiger partial charge >= 0.3 is 0 Å². The number of likely N-dealkylation sites (tertiary alicyclic amines) is 1. The lowest BCUT2D eigenvalue weighted by atomic mass is 9.95. The van der Waals surface area contributed by atoms with Crippen molar-refractivity contribution in [2.24, 2.45) is 5.92 Å². The fourth-order valence-electron chi connectivity index (χ4n) is 3.94. The molecule has 132 valence electrons. The molecule has 2 fully saturated rings. The van der Waals surface area contributed by atoms with Gasteiger partial charge in [-0.1, -0.05) is 12.8 Å². The van der Waals surface area contributed by atoms with Gasteiger partial charge in [-0.15, -0.1) is 0 Å². The Morgan fingerprint density at radius 2 is 2.12 bits per heavy atom. The Morgan fingerprint density at radius 3 is 2.92 bits per heavy atom. The predicted molar refractivity (Wildman–Crippen MR) is 91.5 cm³/mol. The quantitative estimate of drug-likeness (QED) is 0.914. The van der Waals surface area contributed by atoms with Gasteiger partial charge in [0.15, 0.2) is 0 Å². The number of carbonyl (C=O) groups excluding carboxylic acids is 2. The maximum Gasteiger partial charge on any atom is 0.233 e. The second-order valence-corrected chi connectivity index (χ2v) is 7.00. The van der Waals surface area contributed by atoms with E-state index in [0.717, 1.165) is 18.5 Å². The average molecular weight is 341 g/mol. The lowest BCUT2D eigenvalue weighted by Crippen LogP contribution is -2.49. The smallest absolute Gasteiger partial charge is 0.233 e. The second-order valence-electron chi connectivity index (χ2n) is 7.00. The minimum absolute atomic E-state index is 0.0144. The van der Waals surface area contributed by atoms with Crippen molar-refractivity contribution >= 4 is 17.6 Å². The van der Waals surface area contributed by atoms with Crippen LogP contribution >= 0.6 is 0 Å². The third kappa shape index (κ3) is 3.36. The van der Waals surface area contributed by atoms with Crippen molar-refractivity contribution in [2.45, 2.75) is 51.1 Å². The number of hydrogen-bond acceptors (Lipinski definition) is 4. The number of amides is 2. The fraction of sp³-hybridized carbons (Fsp3) is 0.556. The van der Waals surface area contributed by atoms with Gasteiger partial charge in [-0.3, -0.25) is 14.0 Å². The first-order chi connectivity index (χ1) is 12.2. The van der Waals surface area contributed by atoms with Crippen LogP contribution in [-0.4, -0.2) is 43.7 Å². The molecule has 0 spiro atoms. The van der Waals surface area contributed by atoms with Crippen molar-refractivity contribution in [3.05, 3.63) is 30.4 Å². The predicted octanol–water partition coefficient (Wildman–Crippen LogP) is 1.53. The molecule has 25 heavy (non-hydrogen) atoms. The van der Waals surface area contributed by atoms with E-state index in [-0.39, 0.29) is 17.7 Å². The number of fused-ring (bicyclic) bond motifs is 1. The van der Waals surface area contributed by atoms with Crippen LogP contribution in [0, 0.1) is 5.92 Å². The summed E-state index contributed by atoms with van der Waals surface area (Å²) in [4.78, 5) is 35.3. The first kappa shape index (κ1) is 16.1. The number of carbonyl (C=O) groups is 2. The van der Waals surface area contributed by atoms with Gasteiger partial charge in [0.05, 0.1) is 18.2 Å². The molecular weight excluding hydrogens is 318 g/mol. The van der Waals surface area contributed by atoms with E-state index in [1.165, 1.54) is 12.8 Å². The van der Waals surface area contributed by atoms with Gasteiger partial charge in [0.2, 0.25) is 17.6 Å². The molecule has 7 nitrogen and oxygen atoms in total. The van der Waals surface area contributed by atoms with Crippen LogP contribution in [0.4, 0.5) is 0 Å². The number of nitrogens with one attached hydrogen (secondary N) is 1. The maximum absolute atomic E-state index is 12.6. The van der Waals surface area contributed by atoms with Crippen molar-refractivity contribution in [1.82, 2.24) is 24.6 Å².